The zero-order valence-electron chi connectivity index (χ0n) is 11.8. The molecule has 0 radical (unpaired) electrons. The molecule has 6 heteroatoms. The number of thioether (sulfide) groups is 1. The summed E-state index contributed by atoms with van der Waals surface area (Å²) in [6.45, 7) is 4.79. The van der Waals surface area contributed by atoms with Crippen molar-refractivity contribution in [2.75, 3.05) is 33.4 Å². The summed E-state index contributed by atoms with van der Waals surface area (Å²) >= 11 is 4.96. The first kappa shape index (κ1) is 17.5. The molecular weight excluding hydrogens is 340 g/mol. The normalized spacial score (nSPS) is 12.2. The summed E-state index contributed by atoms with van der Waals surface area (Å²) in [7, 11) is 1.67. The Balaban J connectivity index is 2.20. The van der Waals surface area contributed by atoms with E-state index in [9.17, 15) is 4.79 Å². The van der Waals surface area contributed by atoms with Gasteiger partial charge in [0.05, 0.1) is 11.9 Å². The van der Waals surface area contributed by atoms with Crippen molar-refractivity contribution >= 4 is 33.6 Å². The number of benzene rings is 1. The van der Waals surface area contributed by atoms with Gasteiger partial charge in [-0.05, 0) is 31.2 Å². The Hall–Kier alpha value is -0.560. The molecular formula is C14H21BrN2O2S. The molecule has 1 aromatic rings. The van der Waals surface area contributed by atoms with Crippen LogP contribution < -0.4 is 10.6 Å². The topological polar surface area (TPSA) is 50.4 Å². The van der Waals surface area contributed by atoms with E-state index < -0.39 is 0 Å². The lowest BCUT2D eigenvalue weighted by molar-refractivity contribution is -0.120. The number of carbonyl (C=O) groups is 1. The fourth-order valence-electron chi connectivity index (χ4n) is 1.49. The highest BCUT2D eigenvalue weighted by molar-refractivity contribution is 9.10. The Bertz CT molecular complexity index is 401. The zero-order chi connectivity index (χ0) is 14.8. The Labute approximate surface area is 133 Å². The second-order valence-electron chi connectivity index (χ2n) is 4.25. The van der Waals surface area contributed by atoms with E-state index in [4.69, 9.17) is 4.74 Å². The monoisotopic (exact) mass is 360 g/mol. The first-order valence-corrected chi connectivity index (χ1v) is 8.20. The molecule has 1 atom stereocenters. The summed E-state index contributed by atoms with van der Waals surface area (Å²) in [5.74, 6) is 0.0615. The molecule has 0 aliphatic carbocycles. The molecule has 20 heavy (non-hydrogen) atoms. The molecule has 0 aromatic heterocycles. The molecule has 1 amide bonds. The molecule has 0 spiro atoms. The third kappa shape index (κ3) is 7.28. The van der Waals surface area contributed by atoms with E-state index in [0.29, 0.717) is 13.2 Å². The fraction of sp³-hybridized carbons (Fsp3) is 0.500. The lowest BCUT2D eigenvalue weighted by Gasteiger charge is -2.12. The van der Waals surface area contributed by atoms with E-state index in [-0.39, 0.29) is 11.2 Å². The molecule has 0 saturated carbocycles. The van der Waals surface area contributed by atoms with Crippen LogP contribution in [0, 0.1) is 0 Å². The molecule has 112 valence electrons. The highest BCUT2D eigenvalue weighted by Gasteiger charge is 2.13. The summed E-state index contributed by atoms with van der Waals surface area (Å²) in [6.07, 6.45) is 0. The van der Waals surface area contributed by atoms with Crippen LogP contribution in [0.2, 0.25) is 0 Å². The number of halogens is 1. The van der Waals surface area contributed by atoms with Crippen LogP contribution in [0.4, 0.5) is 0 Å². The molecule has 0 aliphatic heterocycles. The minimum atomic E-state index is -0.102. The molecule has 0 saturated heterocycles. The summed E-state index contributed by atoms with van der Waals surface area (Å²) < 4.78 is 5.97. The number of rotatable bonds is 9. The van der Waals surface area contributed by atoms with Crippen LogP contribution >= 0.6 is 27.7 Å². The van der Waals surface area contributed by atoms with Crippen molar-refractivity contribution in [3.8, 4) is 0 Å². The Morgan fingerprint density at radius 2 is 2.00 bits per heavy atom. The van der Waals surface area contributed by atoms with Gasteiger partial charge in [0, 0.05) is 36.1 Å². The maximum Gasteiger partial charge on any atom is 0.233 e. The van der Waals surface area contributed by atoms with Crippen molar-refractivity contribution in [2.45, 2.75) is 17.1 Å². The van der Waals surface area contributed by atoms with E-state index in [1.807, 2.05) is 31.2 Å². The Morgan fingerprint density at radius 1 is 1.30 bits per heavy atom. The fourth-order valence-corrected chi connectivity index (χ4v) is 2.64. The van der Waals surface area contributed by atoms with Crippen molar-refractivity contribution in [3.63, 3.8) is 0 Å². The van der Waals surface area contributed by atoms with Gasteiger partial charge in [0.25, 0.3) is 0 Å². The number of carbonyl (C=O) groups excluding carboxylic acids is 1. The molecule has 0 heterocycles. The third-order valence-corrected chi connectivity index (χ3v) is 4.22. The maximum atomic E-state index is 11.9. The lowest BCUT2D eigenvalue weighted by atomic mass is 10.4. The summed E-state index contributed by atoms with van der Waals surface area (Å²) in [4.78, 5) is 13.0. The van der Waals surface area contributed by atoms with E-state index >= 15 is 0 Å². The Morgan fingerprint density at radius 3 is 2.65 bits per heavy atom. The summed E-state index contributed by atoms with van der Waals surface area (Å²) in [5, 5.41) is 6.00. The number of ether oxygens (including phenoxy) is 1. The van der Waals surface area contributed by atoms with Crippen molar-refractivity contribution < 1.29 is 9.53 Å². The predicted octanol–water partition coefficient (Wildman–Crippen LogP) is 2.28. The van der Waals surface area contributed by atoms with E-state index in [2.05, 4.69) is 26.6 Å². The molecule has 1 rings (SSSR count). The number of nitrogens with one attached hydrogen (secondary N) is 2. The summed E-state index contributed by atoms with van der Waals surface area (Å²) in [5.41, 5.74) is 0. The van der Waals surface area contributed by atoms with Crippen LogP contribution in [0.3, 0.4) is 0 Å². The smallest absolute Gasteiger partial charge is 0.233 e. The van der Waals surface area contributed by atoms with Crippen LogP contribution in [0.25, 0.3) is 0 Å². The highest BCUT2D eigenvalue weighted by Crippen LogP contribution is 2.24. The minimum absolute atomic E-state index is 0.0615. The standard InChI is InChI=1S/C14H21BrN2O2S/c1-11(20-13-5-3-12(15)4-6-13)14(18)17-8-7-16-9-10-19-2/h3-6,11,16H,7-10H2,1-2H3,(H,17,18). The Kier molecular flexibility index (Phi) is 8.93. The number of amides is 1. The predicted molar refractivity (Wildman–Crippen MR) is 87.2 cm³/mol. The SMILES string of the molecule is COCCNCCNC(=O)C(C)Sc1ccc(Br)cc1. The largest absolute Gasteiger partial charge is 0.383 e. The average Bonchev–Trinajstić information content (AvgIpc) is 2.45. The molecule has 0 bridgehead atoms. The number of hydrogen-bond donors (Lipinski definition) is 2. The zero-order valence-corrected chi connectivity index (χ0v) is 14.2. The molecule has 4 nitrogen and oxygen atoms in total. The van der Waals surface area contributed by atoms with Crippen LogP contribution in [0.5, 0.6) is 0 Å². The first-order chi connectivity index (χ1) is 9.63. The van der Waals surface area contributed by atoms with Crippen molar-refractivity contribution in [2.24, 2.45) is 0 Å². The minimum Gasteiger partial charge on any atom is -0.383 e. The van der Waals surface area contributed by atoms with Crippen molar-refractivity contribution in [1.29, 1.82) is 0 Å². The molecule has 1 unspecified atom stereocenters. The lowest BCUT2D eigenvalue weighted by Crippen LogP contribution is -2.36. The first-order valence-electron chi connectivity index (χ1n) is 6.53. The van der Waals surface area contributed by atoms with Gasteiger partial charge in [0.1, 0.15) is 0 Å². The molecule has 0 aliphatic rings. The van der Waals surface area contributed by atoms with Gasteiger partial charge >= 0.3 is 0 Å². The van der Waals surface area contributed by atoms with E-state index in [1.165, 1.54) is 0 Å². The number of hydrogen-bond acceptors (Lipinski definition) is 4. The molecule has 0 fully saturated rings. The van der Waals surface area contributed by atoms with Crippen LogP contribution in [0.15, 0.2) is 33.6 Å². The highest BCUT2D eigenvalue weighted by atomic mass is 79.9. The van der Waals surface area contributed by atoms with Crippen molar-refractivity contribution in [1.82, 2.24) is 10.6 Å². The summed E-state index contributed by atoms with van der Waals surface area (Å²) in [6, 6.07) is 7.97. The van der Waals surface area contributed by atoms with E-state index in [0.717, 1.165) is 22.5 Å². The van der Waals surface area contributed by atoms with Gasteiger partial charge < -0.3 is 15.4 Å². The van der Waals surface area contributed by atoms with Gasteiger partial charge in [-0.1, -0.05) is 15.9 Å². The second-order valence-corrected chi connectivity index (χ2v) is 6.58. The second kappa shape index (κ2) is 10.2. The van der Waals surface area contributed by atoms with Crippen LogP contribution in [0.1, 0.15) is 6.92 Å². The number of methoxy groups -OCH3 is 1. The maximum absolute atomic E-state index is 11.9. The van der Waals surface area contributed by atoms with E-state index in [1.54, 1.807) is 18.9 Å². The molecule has 2 N–H and O–H groups in total. The van der Waals surface area contributed by atoms with Gasteiger partial charge in [0.2, 0.25) is 5.91 Å². The van der Waals surface area contributed by atoms with Crippen LogP contribution in [-0.2, 0) is 9.53 Å². The van der Waals surface area contributed by atoms with Crippen LogP contribution in [-0.4, -0.2) is 44.5 Å². The quantitative estimate of drug-likeness (QED) is 0.523. The van der Waals surface area contributed by atoms with Gasteiger partial charge in [-0.3, -0.25) is 4.79 Å². The third-order valence-electron chi connectivity index (χ3n) is 2.58. The van der Waals surface area contributed by atoms with Gasteiger partial charge in [0.15, 0.2) is 0 Å². The average molecular weight is 361 g/mol. The van der Waals surface area contributed by atoms with Gasteiger partial charge in [-0.25, -0.2) is 0 Å². The molecule has 1 aromatic carbocycles. The van der Waals surface area contributed by atoms with Crippen molar-refractivity contribution in [3.05, 3.63) is 28.7 Å². The van der Waals surface area contributed by atoms with Gasteiger partial charge in [-0.2, -0.15) is 0 Å². The van der Waals surface area contributed by atoms with Gasteiger partial charge in [-0.15, -0.1) is 11.8 Å².